The molecule has 1 rings (SSSR count). The summed E-state index contributed by atoms with van der Waals surface area (Å²) in [4.78, 5) is 11.9. The Balaban J connectivity index is 2.61. The van der Waals surface area contributed by atoms with Gasteiger partial charge in [-0.2, -0.15) is 0 Å². The molecule has 7 heteroatoms. The molecule has 3 N–H and O–H groups in total. The molecule has 0 aliphatic rings. The largest absolute Gasteiger partial charge is 0.397 e. The van der Waals surface area contributed by atoms with Crippen LogP contribution in [-0.4, -0.2) is 21.1 Å². The molecule has 0 saturated heterocycles. The van der Waals surface area contributed by atoms with Crippen LogP contribution in [0.5, 0.6) is 0 Å². The predicted octanol–water partition coefficient (Wildman–Crippen LogP) is 3.70. The SMILES string of the molecule is CC(C)C(C)S(=O)CCC(=O)Nc1c(N)cc(Cl)cc1Cl. The van der Waals surface area contributed by atoms with E-state index in [1.807, 2.05) is 20.8 Å². The molecule has 0 heterocycles. The Bertz CT molecular complexity index is 527. The number of nitrogen functional groups attached to an aromatic ring is 1. The van der Waals surface area contributed by atoms with E-state index in [4.69, 9.17) is 28.9 Å². The van der Waals surface area contributed by atoms with Crippen molar-refractivity contribution < 1.29 is 9.00 Å². The van der Waals surface area contributed by atoms with Gasteiger partial charge in [0.1, 0.15) is 0 Å². The maximum Gasteiger partial charge on any atom is 0.225 e. The van der Waals surface area contributed by atoms with Crippen molar-refractivity contribution in [3.05, 3.63) is 22.2 Å². The molecule has 2 unspecified atom stereocenters. The van der Waals surface area contributed by atoms with Gasteiger partial charge in [0.2, 0.25) is 5.91 Å². The number of carbonyl (C=O) groups is 1. The summed E-state index contributed by atoms with van der Waals surface area (Å²) in [5, 5.41) is 3.39. The number of carbonyl (C=O) groups excluding carboxylic acids is 1. The molecule has 21 heavy (non-hydrogen) atoms. The minimum Gasteiger partial charge on any atom is -0.397 e. The molecule has 1 aromatic carbocycles. The molecule has 1 amide bonds. The second-order valence-corrected chi connectivity index (χ2v) is 7.94. The first-order chi connectivity index (χ1) is 9.72. The minimum atomic E-state index is -1.03. The van der Waals surface area contributed by atoms with Crippen molar-refractivity contribution in [1.82, 2.24) is 0 Å². The lowest BCUT2D eigenvalue weighted by Crippen LogP contribution is -2.23. The van der Waals surface area contributed by atoms with Gasteiger partial charge in [0.25, 0.3) is 0 Å². The highest BCUT2D eigenvalue weighted by Crippen LogP contribution is 2.32. The quantitative estimate of drug-likeness (QED) is 0.768. The van der Waals surface area contributed by atoms with Crippen LogP contribution in [0.3, 0.4) is 0 Å². The second kappa shape index (κ2) is 8.01. The number of halogens is 2. The van der Waals surface area contributed by atoms with E-state index in [2.05, 4.69) is 5.32 Å². The average molecular weight is 351 g/mol. The van der Waals surface area contributed by atoms with Gasteiger partial charge in [-0.3, -0.25) is 9.00 Å². The van der Waals surface area contributed by atoms with Crippen LogP contribution in [0.2, 0.25) is 10.0 Å². The van der Waals surface area contributed by atoms with Crippen LogP contribution >= 0.6 is 23.2 Å². The Labute approximate surface area is 137 Å². The lowest BCUT2D eigenvalue weighted by molar-refractivity contribution is -0.115. The van der Waals surface area contributed by atoms with Crippen molar-refractivity contribution in [2.75, 3.05) is 16.8 Å². The van der Waals surface area contributed by atoms with E-state index < -0.39 is 10.8 Å². The molecule has 0 fully saturated rings. The molecule has 0 spiro atoms. The van der Waals surface area contributed by atoms with Gasteiger partial charge >= 0.3 is 0 Å². The van der Waals surface area contributed by atoms with E-state index in [1.54, 1.807) is 0 Å². The summed E-state index contributed by atoms with van der Waals surface area (Å²) in [6.45, 7) is 5.94. The summed E-state index contributed by atoms with van der Waals surface area (Å²) >= 11 is 11.8. The van der Waals surface area contributed by atoms with Crippen molar-refractivity contribution in [3.8, 4) is 0 Å². The zero-order valence-electron chi connectivity index (χ0n) is 12.3. The summed E-state index contributed by atoms with van der Waals surface area (Å²) in [6.07, 6.45) is 0.155. The van der Waals surface area contributed by atoms with Gasteiger partial charge in [-0.1, -0.05) is 44.0 Å². The number of nitrogens with one attached hydrogen (secondary N) is 1. The van der Waals surface area contributed by atoms with Crippen LogP contribution in [0.25, 0.3) is 0 Å². The molecule has 1 aromatic rings. The van der Waals surface area contributed by atoms with Crippen molar-refractivity contribution in [1.29, 1.82) is 0 Å². The Kier molecular flexibility index (Phi) is 6.97. The number of nitrogens with two attached hydrogens (primary N) is 1. The Morgan fingerprint density at radius 1 is 1.33 bits per heavy atom. The smallest absolute Gasteiger partial charge is 0.225 e. The van der Waals surface area contributed by atoms with Crippen LogP contribution in [0.15, 0.2) is 12.1 Å². The number of hydrogen-bond acceptors (Lipinski definition) is 3. The first-order valence-corrected chi connectivity index (χ1v) is 8.77. The third-order valence-corrected chi connectivity index (χ3v) is 5.73. The van der Waals surface area contributed by atoms with E-state index >= 15 is 0 Å². The van der Waals surface area contributed by atoms with Crippen molar-refractivity contribution in [2.45, 2.75) is 32.4 Å². The minimum absolute atomic E-state index is 0.0574. The molecular weight excluding hydrogens is 331 g/mol. The van der Waals surface area contributed by atoms with E-state index in [9.17, 15) is 9.00 Å². The number of benzene rings is 1. The molecule has 4 nitrogen and oxygen atoms in total. The fraction of sp³-hybridized carbons (Fsp3) is 0.500. The van der Waals surface area contributed by atoms with E-state index in [0.717, 1.165) is 0 Å². The van der Waals surface area contributed by atoms with Gasteiger partial charge in [-0.25, -0.2) is 0 Å². The average Bonchev–Trinajstić information content (AvgIpc) is 2.39. The topological polar surface area (TPSA) is 72.2 Å². The number of rotatable bonds is 6. The first kappa shape index (κ1) is 18.3. The maximum atomic E-state index is 12.0. The summed E-state index contributed by atoms with van der Waals surface area (Å²) in [5.74, 6) is 0.363. The third-order valence-electron chi connectivity index (χ3n) is 3.23. The van der Waals surface area contributed by atoms with Gasteiger partial charge < -0.3 is 11.1 Å². The molecule has 0 radical (unpaired) electrons. The molecule has 0 bridgehead atoms. The lowest BCUT2D eigenvalue weighted by Gasteiger charge is -2.15. The van der Waals surface area contributed by atoms with Crippen LogP contribution in [0.4, 0.5) is 11.4 Å². The number of hydrogen-bond donors (Lipinski definition) is 2. The highest BCUT2D eigenvalue weighted by molar-refractivity contribution is 7.85. The zero-order valence-corrected chi connectivity index (χ0v) is 14.6. The van der Waals surface area contributed by atoms with Gasteiger partial charge in [0.05, 0.1) is 16.4 Å². The Morgan fingerprint density at radius 2 is 1.95 bits per heavy atom. The third kappa shape index (κ3) is 5.49. The van der Waals surface area contributed by atoms with E-state index in [-0.39, 0.29) is 22.6 Å². The van der Waals surface area contributed by atoms with E-state index in [1.165, 1.54) is 12.1 Å². The van der Waals surface area contributed by atoms with Crippen molar-refractivity contribution in [3.63, 3.8) is 0 Å². The number of amides is 1. The normalized spacial score (nSPS) is 14.0. The van der Waals surface area contributed by atoms with Crippen LogP contribution in [0.1, 0.15) is 27.2 Å². The molecule has 0 aliphatic carbocycles. The molecular formula is C14H20Cl2N2O2S. The monoisotopic (exact) mass is 350 g/mol. The highest BCUT2D eigenvalue weighted by atomic mass is 35.5. The van der Waals surface area contributed by atoms with Gasteiger partial charge in [0.15, 0.2) is 0 Å². The maximum absolute atomic E-state index is 12.0. The molecule has 118 valence electrons. The lowest BCUT2D eigenvalue weighted by atomic mass is 10.2. The molecule has 0 aromatic heterocycles. The number of anilines is 2. The second-order valence-electron chi connectivity index (χ2n) is 5.18. The van der Waals surface area contributed by atoms with Crippen molar-refractivity contribution in [2.24, 2.45) is 5.92 Å². The Morgan fingerprint density at radius 3 is 2.48 bits per heavy atom. The van der Waals surface area contributed by atoms with Crippen LogP contribution in [0, 0.1) is 5.92 Å². The molecule has 0 saturated carbocycles. The Hall–Kier alpha value is -0.780. The van der Waals surface area contributed by atoms with Gasteiger partial charge in [-0.05, 0) is 18.1 Å². The van der Waals surface area contributed by atoms with Gasteiger partial charge in [0, 0.05) is 33.2 Å². The summed E-state index contributed by atoms with van der Waals surface area (Å²) in [6, 6.07) is 3.02. The fourth-order valence-electron chi connectivity index (χ4n) is 1.61. The standard InChI is InChI=1S/C14H20Cl2N2O2S/c1-8(2)9(3)21(20)5-4-13(19)18-14-11(16)6-10(15)7-12(14)17/h6-9H,4-5,17H2,1-3H3,(H,18,19). The molecule has 2 atom stereocenters. The van der Waals surface area contributed by atoms with Crippen LogP contribution < -0.4 is 11.1 Å². The summed E-state index contributed by atoms with van der Waals surface area (Å²) in [5.41, 5.74) is 6.42. The molecule has 0 aliphatic heterocycles. The predicted molar refractivity (Wildman–Crippen MR) is 91.4 cm³/mol. The fourth-order valence-corrected chi connectivity index (χ4v) is 3.53. The summed E-state index contributed by atoms with van der Waals surface area (Å²) < 4.78 is 12.0. The summed E-state index contributed by atoms with van der Waals surface area (Å²) in [7, 11) is -1.03. The highest BCUT2D eigenvalue weighted by Gasteiger charge is 2.17. The van der Waals surface area contributed by atoms with E-state index in [0.29, 0.717) is 28.1 Å². The zero-order chi connectivity index (χ0) is 16.2. The van der Waals surface area contributed by atoms with Gasteiger partial charge in [-0.15, -0.1) is 0 Å². The van der Waals surface area contributed by atoms with Crippen molar-refractivity contribution >= 4 is 51.3 Å². The first-order valence-electron chi connectivity index (χ1n) is 6.64. The van der Waals surface area contributed by atoms with Crippen LogP contribution in [-0.2, 0) is 15.6 Å².